The lowest BCUT2D eigenvalue weighted by molar-refractivity contribution is -0.161. The Kier molecular flexibility index (Phi) is 11.0. The number of ketones is 1. The Morgan fingerprint density at radius 1 is 0.825 bits per heavy atom. The lowest BCUT2D eigenvalue weighted by Crippen LogP contribution is -2.55. The Hall–Kier alpha value is -1.65. The van der Waals surface area contributed by atoms with E-state index in [1.165, 1.54) is 70.3 Å². The minimum atomic E-state index is -0.279. The van der Waals surface area contributed by atoms with Crippen LogP contribution >= 0.6 is 0 Å². The lowest BCUT2D eigenvalue weighted by atomic mass is 9.47. The van der Waals surface area contributed by atoms with Crippen LogP contribution in [0.25, 0.3) is 0 Å². The zero-order valence-corrected chi connectivity index (χ0v) is 25.9. The number of ether oxygens (including phenoxy) is 2. The summed E-state index contributed by atoms with van der Waals surface area (Å²) in [7, 11) is 0. The minimum Gasteiger partial charge on any atom is -0.462 e. The number of carbonyl (C=O) groups is 3. The number of hydrogen-bond donors (Lipinski definition) is 0. The smallest absolute Gasteiger partial charge is 0.306 e. The molecule has 226 valence electrons. The lowest BCUT2D eigenvalue weighted by Gasteiger charge is -2.58. The number of unbranched alkanes of at least 4 members (excludes halogenated alkanes) is 10. The molecule has 3 saturated carbocycles. The number of carbonyl (C=O) groups excluding carboxylic acids is 3. The van der Waals surface area contributed by atoms with Gasteiger partial charge in [-0.25, -0.2) is 0 Å². The van der Waals surface area contributed by atoms with E-state index in [1.54, 1.807) is 0 Å². The van der Waals surface area contributed by atoms with E-state index < -0.39 is 0 Å². The van der Waals surface area contributed by atoms with Gasteiger partial charge in [-0.05, 0) is 61.9 Å². The van der Waals surface area contributed by atoms with Crippen LogP contribution in [0.3, 0.4) is 0 Å². The van der Waals surface area contributed by atoms with E-state index in [-0.39, 0.29) is 46.8 Å². The topological polar surface area (TPSA) is 69.7 Å². The zero-order chi connectivity index (χ0) is 28.8. The van der Waals surface area contributed by atoms with Crippen molar-refractivity contribution in [3.8, 4) is 0 Å². The SMILES string of the molecule is CCCCCCCCCCCCCC(=O)O[C@@H]1C=C2C[C@@H](OC(C)=O)CC[C@]2(C)C2CC[C@]3(C)C(=O)CCC3C21. The quantitative estimate of drug-likeness (QED) is 0.122. The van der Waals surface area contributed by atoms with Gasteiger partial charge in [0.15, 0.2) is 0 Å². The van der Waals surface area contributed by atoms with E-state index in [2.05, 4.69) is 26.8 Å². The van der Waals surface area contributed by atoms with E-state index in [0.29, 0.717) is 24.5 Å². The van der Waals surface area contributed by atoms with Gasteiger partial charge >= 0.3 is 11.9 Å². The standard InChI is InChI=1S/C35H56O5/c1-5-6-7-8-9-10-11-12-13-14-15-16-32(38)40-30-24-26-23-27(39-25(2)36)19-21-34(26,3)29-20-22-35(4)28(33(29)30)17-18-31(35)37/h24,27-30,33H,5-23H2,1-4H3/t27-,28?,29?,30+,33?,34-,35-/m0/s1. The fourth-order valence-corrected chi connectivity index (χ4v) is 8.95. The predicted octanol–water partition coefficient (Wildman–Crippen LogP) is 8.67. The van der Waals surface area contributed by atoms with Gasteiger partial charge in [0, 0.05) is 37.5 Å². The summed E-state index contributed by atoms with van der Waals surface area (Å²) < 4.78 is 11.9. The maximum atomic E-state index is 13.1. The molecule has 0 aliphatic heterocycles. The predicted molar refractivity (Wildman–Crippen MR) is 159 cm³/mol. The highest BCUT2D eigenvalue weighted by molar-refractivity contribution is 5.87. The van der Waals surface area contributed by atoms with Crippen LogP contribution in [0.2, 0.25) is 0 Å². The molecule has 0 bridgehead atoms. The molecule has 0 amide bonds. The van der Waals surface area contributed by atoms with E-state index in [1.807, 2.05) is 0 Å². The molecule has 4 rings (SSSR count). The van der Waals surface area contributed by atoms with Crippen LogP contribution in [0.15, 0.2) is 11.6 Å². The summed E-state index contributed by atoms with van der Waals surface area (Å²) in [5.41, 5.74) is 1.04. The van der Waals surface area contributed by atoms with Crippen molar-refractivity contribution in [2.24, 2.45) is 28.6 Å². The first-order valence-electron chi connectivity index (χ1n) is 16.8. The average Bonchev–Trinajstić information content (AvgIpc) is 3.22. The van der Waals surface area contributed by atoms with Gasteiger partial charge in [-0.1, -0.05) is 90.6 Å². The van der Waals surface area contributed by atoms with Crippen molar-refractivity contribution in [1.82, 2.24) is 0 Å². The number of rotatable bonds is 14. The van der Waals surface area contributed by atoms with Gasteiger partial charge in [0.05, 0.1) is 0 Å². The third-order valence-corrected chi connectivity index (χ3v) is 11.4. The molecule has 0 aromatic heterocycles. The normalized spacial score (nSPS) is 34.9. The number of esters is 2. The molecule has 0 heterocycles. The van der Waals surface area contributed by atoms with E-state index in [0.717, 1.165) is 51.4 Å². The van der Waals surface area contributed by atoms with Crippen molar-refractivity contribution < 1.29 is 23.9 Å². The molecule has 3 unspecified atom stereocenters. The second kappa shape index (κ2) is 14.0. The van der Waals surface area contributed by atoms with Crippen LogP contribution in [-0.4, -0.2) is 29.9 Å². The first kappa shape index (κ1) is 31.3. The van der Waals surface area contributed by atoms with Gasteiger partial charge < -0.3 is 9.47 Å². The molecule has 4 aliphatic carbocycles. The molecule has 5 nitrogen and oxygen atoms in total. The molecule has 0 aromatic carbocycles. The van der Waals surface area contributed by atoms with Crippen molar-refractivity contribution in [3.63, 3.8) is 0 Å². The van der Waals surface area contributed by atoms with Gasteiger partial charge in [0.25, 0.3) is 0 Å². The van der Waals surface area contributed by atoms with Crippen LogP contribution < -0.4 is 0 Å². The van der Waals surface area contributed by atoms with Gasteiger partial charge in [-0.2, -0.15) is 0 Å². The summed E-state index contributed by atoms with van der Waals surface area (Å²) in [6, 6.07) is 0. The molecule has 4 aliphatic rings. The maximum absolute atomic E-state index is 13.1. The van der Waals surface area contributed by atoms with Gasteiger partial charge in [-0.15, -0.1) is 0 Å². The molecule has 0 radical (unpaired) electrons. The molecule has 5 heteroatoms. The Morgan fingerprint density at radius 2 is 1.43 bits per heavy atom. The Labute approximate surface area is 243 Å². The van der Waals surface area contributed by atoms with Crippen LogP contribution in [0.4, 0.5) is 0 Å². The highest BCUT2D eigenvalue weighted by atomic mass is 16.5. The Balaban J connectivity index is 1.35. The second-order valence-electron chi connectivity index (χ2n) is 14.0. The van der Waals surface area contributed by atoms with Crippen molar-refractivity contribution in [2.75, 3.05) is 0 Å². The van der Waals surface area contributed by atoms with Gasteiger partial charge in [0.2, 0.25) is 0 Å². The molecule has 7 atom stereocenters. The summed E-state index contributed by atoms with van der Waals surface area (Å²) in [6.07, 6.45) is 22.3. The Morgan fingerprint density at radius 3 is 2.08 bits per heavy atom. The van der Waals surface area contributed by atoms with E-state index >= 15 is 0 Å². The molecular weight excluding hydrogens is 500 g/mol. The molecule has 0 saturated heterocycles. The Bertz CT molecular complexity index is 923. The number of hydrogen-bond acceptors (Lipinski definition) is 5. The summed E-state index contributed by atoms with van der Waals surface area (Å²) in [6.45, 7) is 8.30. The van der Waals surface area contributed by atoms with Gasteiger partial charge in [0.1, 0.15) is 18.0 Å². The molecular formula is C35H56O5. The summed E-state index contributed by atoms with van der Waals surface area (Å²) in [5.74, 6) is 0.958. The minimum absolute atomic E-state index is 0.0210. The highest BCUT2D eigenvalue weighted by Crippen LogP contribution is 2.64. The third kappa shape index (κ3) is 7.04. The second-order valence-corrected chi connectivity index (χ2v) is 14.0. The van der Waals surface area contributed by atoms with Crippen LogP contribution in [0.1, 0.15) is 150 Å². The van der Waals surface area contributed by atoms with Crippen LogP contribution in [0.5, 0.6) is 0 Å². The van der Waals surface area contributed by atoms with Crippen molar-refractivity contribution in [2.45, 2.75) is 162 Å². The zero-order valence-electron chi connectivity index (χ0n) is 25.9. The number of Topliss-reactive ketones (excluding diaryl/α,β-unsaturated/α-hetero) is 1. The van der Waals surface area contributed by atoms with Crippen LogP contribution in [0, 0.1) is 28.6 Å². The first-order chi connectivity index (χ1) is 19.2. The van der Waals surface area contributed by atoms with E-state index in [9.17, 15) is 14.4 Å². The number of fused-ring (bicyclic) bond motifs is 5. The summed E-state index contributed by atoms with van der Waals surface area (Å²) in [5, 5.41) is 0. The average molecular weight is 557 g/mol. The molecule has 3 fully saturated rings. The van der Waals surface area contributed by atoms with Crippen molar-refractivity contribution in [1.29, 1.82) is 0 Å². The summed E-state index contributed by atoms with van der Waals surface area (Å²) in [4.78, 5) is 37.8. The van der Waals surface area contributed by atoms with Crippen molar-refractivity contribution in [3.05, 3.63) is 11.6 Å². The fourth-order valence-electron chi connectivity index (χ4n) is 8.95. The largest absolute Gasteiger partial charge is 0.462 e. The van der Waals surface area contributed by atoms with E-state index in [4.69, 9.17) is 9.47 Å². The fraction of sp³-hybridized carbons (Fsp3) is 0.857. The maximum Gasteiger partial charge on any atom is 0.306 e. The third-order valence-electron chi connectivity index (χ3n) is 11.4. The first-order valence-corrected chi connectivity index (χ1v) is 16.8. The van der Waals surface area contributed by atoms with Gasteiger partial charge in [-0.3, -0.25) is 14.4 Å². The molecule has 40 heavy (non-hydrogen) atoms. The molecule has 0 aromatic rings. The van der Waals surface area contributed by atoms with Crippen molar-refractivity contribution >= 4 is 17.7 Å². The molecule has 0 spiro atoms. The van der Waals surface area contributed by atoms with Crippen LogP contribution in [-0.2, 0) is 23.9 Å². The summed E-state index contributed by atoms with van der Waals surface area (Å²) >= 11 is 0. The monoisotopic (exact) mass is 556 g/mol. The highest BCUT2D eigenvalue weighted by Gasteiger charge is 2.61. The molecule has 0 N–H and O–H groups in total.